The molecule has 0 spiro atoms. The molecule has 1 aliphatic rings. The minimum atomic E-state index is 0.672. The highest BCUT2D eigenvalue weighted by Gasteiger charge is 2.27. The second-order valence-electron chi connectivity index (χ2n) is 4.81. The summed E-state index contributed by atoms with van der Waals surface area (Å²) in [6.07, 6.45) is 3.51. The van der Waals surface area contributed by atoms with Crippen LogP contribution in [-0.4, -0.2) is 4.98 Å². The van der Waals surface area contributed by atoms with Gasteiger partial charge in [0.25, 0.3) is 0 Å². The summed E-state index contributed by atoms with van der Waals surface area (Å²) in [6, 6.07) is 17.6. The van der Waals surface area contributed by atoms with E-state index in [9.17, 15) is 0 Å². The lowest BCUT2D eigenvalue weighted by Crippen LogP contribution is -2.17. The second kappa shape index (κ2) is 4.52. The zero-order chi connectivity index (χ0) is 14.2. The van der Waals surface area contributed by atoms with E-state index in [1.165, 1.54) is 0 Å². The largest absolute Gasteiger partial charge is 0.453 e. The van der Waals surface area contributed by atoms with Gasteiger partial charge in [-0.2, -0.15) is 0 Å². The van der Waals surface area contributed by atoms with Gasteiger partial charge in [0.05, 0.1) is 11.9 Å². The third-order valence-electron chi connectivity index (χ3n) is 3.49. The van der Waals surface area contributed by atoms with Gasteiger partial charge in [-0.1, -0.05) is 24.3 Å². The molecule has 0 unspecified atom stereocenters. The van der Waals surface area contributed by atoms with Gasteiger partial charge in [-0.15, -0.1) is 0 Å². The number of fused-ring (bicyclic) bond motifs is 2. The molecule has 3 aromatic rings. The first-order valence-electron chi connectivity index (χ1n) is 6.70. The van der Waals surface area contributed by atoms with E-state index in [4.69, 9.17) is 10.5 Å². The Labute approximate surface area is 122 Å². The Morgan fingerprint density at radius 3 is 2.62 bits per heavy atom. The van der Waals surface area contributed by atoms with Crippen molar-refractivity contribution < 1.29 is 4.74 Å². The summed E-state index contributed by atoms with van der Waals surface area (Å²) in [5.74, 6) is 1.52. The Bertz CT molecular complexity index is 802. The lowest BCUT2D eigenvalue weighted by atomic mass is 10.1. The summed E-state index contributed by atoms with van der Waals surface area (Å²) in [4.78, 5) is 6.29. The molecule has 0 bridgehead atoms. The minimum absolute atomic E-state index is 0.672. The van der Waals surface area contributed by atoms with Crippen LogP contribution in [0.5, 0.6) is 11.5 Å². The molecule has 2 N–H and O–H groups in total. The Morgan fingerprint density at radius 2 is 1.76 bits per heavy atom. The molecule has 21 heavy (non-hydrogen) atoms. The van der Waals surface area contributed by atoms with E-state index in [0.717, 1.165) is 28.6 Å². The monoisotopic (exact) mass is 275 g/mol. The molecule has 2 aromatic carbocycles. The third-order valence-corrected chi connectivity index (χ3v) is 3.49. The molecule has 4 heteroatoms. The quantitative estimate of drug-likeness (QED) is 0.528. The van der Waals surface area contributed by atoms with Crippen LogP contribution in [0.25, 0.3) is 0 Å². The lowest BCUT2D eigenvalue weighted by Gasteiger charge is -2.33. The van der Waals surface area contributed by atoms with Gasteiger partial charge in [-0.05, 0) is 24.3 Å². The number of nitrogens with zero attached hydrogens (tertiary/aromatic N) is 2. The normalized spacial score (nSPS) is 12.3. The fourth-order valence-corrected chi connectivity index (χ4v) is 2.57. The molecule has 2 heterocycles. The second-order valence-corrected chi connectivity index (χ2v) is 4.81. The van der Waals surface area contributed by atoms with Crippen molar-refractivity contribution in [2.24, 2.45) is 0 Å². The highest BCUT2D eigenvalue weighted by Crippen LogP contribution is 2.51. The summed E-state index contributed by atoms with van der Waals surface area (Å²) in [5.41, 5.74) is 9.61. The Hall–Kier alpha value is -3.01. The van der Waals surface area contributed by atoms with Crippen LogP contribution < -0.4 is 15.4 Å². The standard InChI is InChI=1S/C17H13N3O/c18-13-7-4-8-16-17(13)20(12-5-2-1-3-6-12)14-11-19-10-9-15(14)21-16/h1-11H,18H2. The summed E-state index contributed by atoms with van der Waals surface area (Å²) in [7, 11) is 0. The van der Waals surface area contributed by atoms with E-state index in [2.05, 4.69) is 9.88 Å². The van der Waals surface area contributed by atoms with E-state index in [0.29, 0.717) is 5.69 Å². The number of benzene rings is 2. The van der Waals surface area contributed by atoms with Crippen molar-refractivity contribution in [2.75, 3.05) is 10.6 Å². The van der Waals surface area contributed by atoms with Crippen molar-refractivity contribution in [1.82, 2.24) is 4.98 Å². The van der Waals surface area contributed by atoms with Crippen molar-refractivity contribution in [2.45, 2.75) is 0 Å². The number of hydrogen-bond donors (Lipinski definition) is 1. The van der Waals surface area contributed by atoms with E-state index in [1.807, 2.05) is 54.6 Å². The molecule has 0 atom stereocenters. The molecule has 0 aliphatic carbocycles. The number of rotatable bonds is 1. The van der Waals surface area contributed by atoms with Gasteiger partial charge in [-0.3, -0.25) is 4.98 Å². The summed E-state index contributed by atoms with van der Waals surface area (Å²) in [5, 5.41) is 0. The maximum absolute atomic E-state index is 6.18. The number of aromatic nitrogens is 1. The summed E-state index contributed by atoms with van der Waals surface area (Å²) in [6.45, 7) is 0. The number of para-hydroxylation sites is 2. The van der Waals surface area contributed by atoms with Gasteiger partial charge in [0.1, 0.15) is 11.4 Å². The van der Waals surface area contributed by atoms with Gasteiger partial charge in [-0.25, -0.2) is 0 Å². The minimum Gasteiger partial charge on any atom is -0.453 e. The van der Waals surface area contributed by atoms with E-state index >= 15 is 0 Å². The Kier molecular flexibility index (Phi) is 2.54. The molecule has 4 nitrogen and oxygen atoms in total. The molecule has 102 valence electrons. The van der Waals surface area contributed by atoms with Crippen molar-refractivity contribution in [1.29, 1.82) is 0 Å². The van der Waals surface area contributed by atoms with Crippen LogP contribution in [0.1, 0.15) is 0 Å². The van der Waals surface area contributed by atoms with Crippen LogP contribution in [0.4, 0.5) is 22.7 Å². The smallest absolute Gasteiger partial charge is 0.154 e. The SMILES string of the molecule is Nc1cccc2c1N(c1ccccc1)c1cnccc1O2. The van der Waals surface area contributed by atoms with Crippen LogP contribution in [0.15, 0.2) is 67.0 Å². The molecule has 0 radical (unpaired) electrons. The predicted octanol–water partition coefficient (Wildman–Crippen LogP) is 4.24. The maximum atomic E-state index is 6.18. The molecular weight excluding hydrogens is 262 g/mol. The van der Waals surface area contributed by atoms with Crippen LogP contribution >= 0.6 is 0 Å². The van der Waals surface area contributed by atoms with Crippen LogP contribution in [-0.2, 0) is 0 Å². The summed E-state index contributed by atoms with van der Waals surface area (Å²) < 4.78 is 5.95. The number of nitrogen functional groups attached to an aromatic ring is 1. The first-order chi connectivity index (χ1) is 10.3. The predicted molar refractivity (Wildman–Crippen MR) is 83.4 cm³/mol. The zero-order valence-corrected chi connectivity index (χ0v) is 11.2. The van der Waals surface area contributed by atoms with E-state index < -0.39 is 0 Å². The Morgan fingerprint density at radius 1 is 0.905 bits per heavy atom. The lowest BCUT2D eigenvalue weighted by molar-refractivity contribution is 0.476. The molecule has 1 aliphatic heterocycles. The molecule has 0 saturated heterocycles. The zero-order valence-electron chi connectivity index (χ0n) is 11.2. The average Bonchev–Trinajstić information content (AvgIpc) is 2.54. The molecule has 1 aromatic heterocycles. The van der Waals surface area contributed by atoms with Crippen LogP contribution in [0.3, 0.4) is 0 Å². The van der Waals surface area contributed by atoms with E-state index in [-0.39, 0.29) is 0 Å². The fraction of sp³-hybridized carbons (Fsp3) is 0. The fourth-order valence-electron chi connectivity index (χ4n) is 2.57. The van der Waals surface area contributed by atoms with Crippen molar-refractivity contribution >= 4 is 22.7 Å². The number of pyridine rings is 1. The molecular formula is C17H13N3O. The van der Waals surface area contributed by atoms with Crippen molar-refractivity contribution in [3.05, 3.63) is 67.0 Å². The first kappa shape index (κ1) is 11.8. The maximum Gasteiger partial charge on any atom is 0.154 e. The number of nitrogens with two attached hydrogens (primary N) is 1. The Balaban J connectivity index is 2.01. The first-order valence-corrected chi connectivity index (χ1v) is 6.70. The van der Waals surface area contributed by atoms with Crippen LogP contribution in [0, 0.1) is 0 Å². The van der Waals surface area contributed by atoms with Crippen LogP contribution in [0.2, 0.25) is 0 Å². The number of ether oxygens (including phenoxy) is 1. The summed E-state index contributed by atoms with van der Waals surface area (Å²) >= 11 is 0. The molecule has 0 fully saturated rings. The molecule has 4 rings (SSSR count). The van der Waals surface area contributed by atoms with Gasteiger partial charge in [0.2, 0.25) is 0 Å². The molecule has 0 saturated carbocycles. The highest BCUT2D eigenvalue weighted by atomic mass is 16.5. The van der Waals surface area contributed by atoms with Gasteiger partial charge in [0, 0.05) is 18.0 Å². The van der Waals surface area contributed by atoms with Crippen molar-refractivity contribution in [3.8, 4) is 11.5 Å². The van der Waals surface area contributed by atoms with Crippen molar-refractivity contribution in [3.63, 3.8) is 0 Å². The average molecular weight is 275 g/mol. The van der Waals surface area contributed by atoms with Gasteiger partial charge >= 0.3 is 0 Å². The number of hydrogen-bond acceptors (Lipinski definition) is 4. The van der Waals surface area contributed by atoms with E-state index in [1.54, 1.807) is 12.4 Å². The number of anilines is 4. The highest BCUT2D eigenvalue weighted by molar-refractivity contribution is 5.91. The molecule has 0 amide bonds. The van der Waals surface area contributed by atoms with Gasteiger partial charge in [0.15, 0.2) is 11.5 Å². The topological polar surface area (TPSA) is 51.4 Å². The third kappa shape index (κ3) is 1.80. The van der Waals surface area contributed by atoms with Gasteiger partial charge < -0.3 is 15.4 Å².